The SMILES string of the molecule is CCCCCC/C=C\C=C/CCCCCCCC(=O)OC[C@H](COP(=O)(O)OCC(O)COP(=O)(O)OC[C@@H](COC(=O)CCCCCCCCCC(C)C)OC(=O)CCCCCCCCCCCCCCCCCCCCC(C)CC)OC(=O)CCCCCCCCCCCCCCCCCC(C)C. The molecule has 0 fully saturated rings. The van der Waals surface area contributed by atoms with Gasteiger partial charge in [-0.05, 0) is 69.1 Å². The first-order valence-corrected chi connectivity index (χ1v) is 46.7. The lowest BCUT2D eigenvalue weighted by molar-refractivity contribution is -0.161. The second kappa shape index (κ2) is 75.6. The molecular formula is C86H164O17P2. The Morgan fingerprint density at radius 3 is 0.848 bits per heavy atom. The Morgan fingerprint density at radius 1 is 0.314 bits per heavy atom. The second-order valence-electron chi connectivity index (χ2n) is 31.4. The zero-order chi connectivity index (χ0) is 77.2. The number of aliphatic hydroxyl groups is 1. The predicted octanol–water partition coefficient (Wildman–Crippen LogP) is 25.6. The Hall–Kier alpha value is -2.46. The zero-order valence-electron chi connectivity index (χ0n) is 68.7. The van der Waals surface area contributed by atoms with E-state index in [0.717, 1.165) is 127 Å². The van der Waals surface area contributed by atoms with E-state index in [1.54, 1.807) is 0 Å². The summed E-state index contributed by atoms with van der Waals surface area (Å²) in [5.74, 6) is 0.237. The number of hydrogen-bond acceptors (Lipinski definition) is 15. The van der Waals surface area contributed by atoms with E-state index >= 15 is 0 Å². The molecule has 0 amide bonds. The van der Waals surface area contributed by atoms with E-state index < -0.39 is 97.5 Å². The van der Waals surface area contributed by atoms with Crippen LogP contribution in [0.15, 0.2) is 24.3 Å². The van der Waals surface area contributed by atoms with Crippen molar-refractivity contribution in [3.8, 4) is 0 Å². The van der Waals surface area contributed by atoms with Gasteiger partial charge in [0.05, 0.1) is 26.4 Å². The molecule has 0 spiro atoms. The lowest BCUT2D eigenvalue weighted by Crippen LogP contribution is -2.30. The molecule has 0 aromatic carbocycles. The summed E-state index contributed by atoms with van der Waals surface area (Å²) in [6.45, 7) is 11.9. The standard InChI is InChI=1S/C86H164O17P2/c1-8-10-11-12-13-14-15-16-22-29-34-39-46-53-60-67-83(88)96-73-81(102-85(90)69-63-56-48-41-36-31-26-21-23-27-32-37-43-50-57-64-77(3)4)75-100-104(92,93)98-71-80(87)72-99-105(94,95)101-76-82(74-97-84(89)68-61-54-49-42-44-51-58-65-78(5)6)103-86(91)70-62-55-47-40-35-30-25-20-18-17-19-24-28-33-38-45-52-59-66-79(7)9-2/h14-16,22,77-82,87H,8-13,17-21,23-76H2,1-7H3,(H,92,93)(H,94,95)/b15-14-,22-16-/t79?,80?,81-,82-/m1/s1. The van der Waals surface area contributed by atoms with Crippen molar-refractivity contribution in [3.63, 3.8) is 0 Å². The lowest BCUT2D eigenvalue weighted by Gasteiger charge is -2.21. The molecule has 105 heavy (non-hydrogen) atoms. The van der Waals surface area contributed by atoms with Gasteiger partial charge in [-0.25, -0.2) is 9.13 Å². The fraction of sp³-hybridized carbons (Fsp3) is 0.907. The molecule has 0 heterocycles. The number of carbonyl (C=O) groups is 4. The molecule has 4 unspecified atom stereocenters. The van der Waals surface area contributed by atoms with E-state index in [4.69, 9.17) is 37.0 Å². The van der Waals surface area contributed by atoms with Crippen LogP contribution in [-0.4, -0.2) is 96.7 Å². The number of ether oxygens (including phenoxy) is 4. The largest absolute Gasteiger partial charge is 0.472 e. The van der Waals surface area contributed by atoms with Crippen molar-refractivity contribution in [1.29, 1.82) is 0 Å². The minimum atomic E-state index is -4.97. The minimum Gasteiger partial charge on any atom is -0.462 e. The number of aliphatic hydroxyl groups excluding tert-OH is 1. The van der Waals surface area contributed by atoms with Crippen LogP contribution in [-0.2, 0) is 65.4 Å². The monoisotopic (exact) mass is 1530 g/mol. The van der Waals surface area contributed by atoms with E-state index in [0.29, 0.717) is 31.6 Å². The summed E-state index contributed by atoms with van der Waals surface area (Å²) < 4.78 is 68.8. The van der Waals surface area contributed by atoms with Gasteiger partial charge in [-0.2, -0.15) is 0 Å². The van der Waals surface area contributed by atoms with Gasteiger partial charge in [0.2, 0.25) is 0 Å². The van der Waals surface area contributed by atoms with Crippen molar-refractivity contribution >= 4 is 39.5 Å². The summed E-state index contributed by atoms with van der Waals surface area (Å²) in [5.41, 5.74) is 0. The highest BCUT2D eigenvalue weighted by molar-refractivity contribution is 7.47. The van der Waals surface area contributed by atoms with Gasteiger partial charge in [0, 0.05) is 25.7 Å². The van der Waals surface area contributed by atoms with Crippen LogP contribution in [0.4, 0.5) is 0 Å². The van der Waals surface area contributed by atoms with E-state index in [-0.39, 0.29) is 25.7 Å². The highest BCUT2D eigenvalue weighted by Gasteiger charge is 2.30. The van der Waals surface area contributed by atoms with Gasteiger partial charge in [0.15, 0.2) is 12.2 Å². The Bertz CT molecular complexity index is 2120. The lowest BCUT2D eigenvalue weighted by atomic mass is 9.99. The fourth-order valence-corrected chi connectivity index (χ4v) is 14.4. The number of carbonyl (C=O) groups excluding carboxylic acids is 4. The molecule has 0 aliphatic heterocycles. The van der Waals surface area contributed by atoms with Crippen LogP contribution in [0.3, 0.4) is 0 Å². The number of hydrogen-bond donors (Lipinski definition) is 3. The molecule has 0 rings (SSSR count). The summed E-state index contributed by atoms with van der Waals surface area (Å²) in [6.07, 6.45) is 68.9. The molecule has 6 atom stereocenters. The van der Waals surface area contributed by atoms with Crippen LogP contribution in [0.25, 0.3) is 0 Å². The van der Waals surface area contributed by atoms with Gasteiger partial charge in [0.1, 0.15) is 19.3 Å². The van der Waals surface area contributed by atoms with Crippen molar-refractivity contribution in [2.45, 2.75) is 446 Å². The predicted molar refractivity (Wildman–Crippen MR) is 432 cm³/mol. The second-order valence-corrected chi connectivity index (χ2v) is 34.3. The molecule has 0 aromatic heterocycles. The van der Waals surface area contributed by atoms with E-state index in [1.165, 1.54) is 212 Å². The number of unbranched alkanes of at least 4 members (excludes halogenated alkanes) is 46. The van der Waals surface area contributed by atoms with Gasteiger partial charge >= 0.3 is 39.5 Å². The highest BCUT2D eigenvalue weighted by atomic mass is 31.2. The molecule has 3 N–H and O–H groups in total. The molecule has 17 nitrogen and oxygen atoms in total. The minimum absolute atomic E-state index is 0.101. The molecule has 0 saturated carbocycles. The Kier molecular flexibility index (Phi) is 73.8. The third kappa shape index (κ3) is 78.0. The first-order chi connectivity index (χ1) is 50.8. The van der Waals surface area contributed by atoms with E-state index in [2.05, 4.69) is 72.8 Å². The third-order valence-electron chi connectivity index (χ3n) is 19.9. The van der Waals surface area contributed by atoms with Gasteiger partial charge in [0.25, 0.3) is 0 Å². The molecule has 0 aromatic rings. The van der Waals surface area contributed by atoms with Crippen LogP contribution < -0.4 is 0 Å². The van der Waals surface area contributed by atoms with Gasteiger partial charge in [-0.15, -0.1) is 0 Å². The topological polar surface area (TPSA) is 237 Å². The summed E-state index contributed by atoms with van der Waals surface area (Å²) in [6, 6.07) is 0. The molecule has 620 valence electrons. The van der Waals surface area contributed by atoms with Crippen LogP contribution in [0.5, 0.6) is 0 Å². The normalized spacial score (nSPS) is 14.3. The first kappa shape index (κ1) is 103. The molecule has 0 aliphatic rings. The van der Waals surface area contributed by atoms with Gasteiger partial charge in [-0.1, -0.05) is 375 Å². The molecule has 19 heteroatoms. The summed E-state index contributed by atoms with van der Waals surface area (Å²) in [7, 11) is -9.94. The average Bonchev–Trinajstić information content (AvgIpc) is 0.907. The van der Waals surface area contributed by atoms with Crippen molar-refractivity contribution in [1.82, 2.24) is 0 Å². The molecule has 0 bridgehead atoms. The number of phosphoric acid groups is 2. The van der Waals surface area contributed by atoms with Crippen molar-refractivity contribution in [2.75, 3.05) is 39.6 Å². The first-order valence-electron chi connectivity index (χ1n) is 43.7. The Labute approximate surface area is 643 Å². The van der Waals surface area contributed by atoms with Crippen molar-refractivity contribution in [2.24, 2.45) is 17.8 Å². The van der Waals surface area contributed by atoms with Crippen LogP contribution in [0, 0.1) is 17.8 Å². The van der Waals surface area contributed by atoms with E-state index in [1.807, 2.05) is 0 Å². The number of allylic oxidation sites excluding steroid dienone is 4. The quantitative estimate of drug-likeness (QED) is 0.0169. The maximum Gasteiger partial charge on any atom is 0.472 e. The van der Waals surface area contributed by atoms with Crippen molar-refractivity contribution in [3.05, 3.63) is 24.3 Å². The molecule has 0 radical (unpaired) electrons. The highest BCUT2D eigenvalue weighted by Crippen LogP contribution is 2.45. The number of rotatable bonds is 82. The third-order valence-corrected chi connectivity index (χ3v) is 21.8. The summed E-state index contributed by atoms with van der Waals surface area (Å²) in [4.78, 5) is 73.2. The average molecular weight is 1530 g/mol. The maximum atomic E-state index is 13.1. The molecular weight excluding hydrogens is 1370 g/mol. The number of phosphoric ester groups is 2. The van der Waals surface area contributed by atoms with Crippen LogP contribution >= 0.6 is 15.6 Å². The maximum absolute atomic E-state index is 13.1. The van der Waals surface area contributed by atoms with Crippen LogP contribution in [0.2, 0.25) is 0 Å². The zero-order valence-corrected chi connectivity index (χ0v) is 70.5. The van der Waals surface area contributed by atoms with Gasteiger partial charge in [-0.3, -0.25) is 37.3 Å². The smallest absolute Gasteiger partial charge is 0.462 e. The number of esters is 4. The molecule has 0 aliphatic carbocycles. The molecule has 0 saturated heterocycles. The van der Waals surface area contributed by atoms with E-state index in [9.17, 15) is 43.2 Å². The fourth-order valence-electron chi connectivity index (χ4n) is 12.8. The van der Waals surface area contributed by atoms with Crippen LogP contribution in [0.1, 0.15) is 427 Å². The van der Waals surface area contributed by atoms with Gasteiger partial charge < -0.3 is 33.8 Å². The Balaban J connectivity index is 5.23. The Morgan fingerprint density at radius 2 is 0.562 bits per heavy atom. The van der Waals surface area contributed by atoms with Crippen molar-refractivity contribution < 1.29 is 80.2 Å². The summed E-state index contributed by atoms with van der Waals surface area (Å²) >= 11 is 0. The summed E-state index contributed by atoms with van der Waals surface area (Å²) in [5, 5.41) is 10.7.